The molecule has 18 heavy (non-hydrogen) atoms. The molecule has 0 saturated carbocycles. The average Bonchev–Trinajstić information content (AvgIpc) is 2.32. The molecule has 0 fully saturated rings. The zero-order valence-corrected chi connectivity index (χ0v) is 12.2. The van der Waals surface area contributed by atoms with Crippen molar-refractivity contribution in [3.8, 4) is 17.9 Å². The van der Waals surface area contributed by atoms with E-state index < -0.39 is 8.07 Å². The molecule has 0 spiro atoms. The summed E-state index contributed by atoms with van der Waals surface area (Å²) in [5.74, 6) is 0.520. The van der Waals surface area contributed by atoms with Crippen molar-refractivity contribution >= 4 is 8.07 Å². The first-order valence-corrected chi connectivity index (χ1v) is 9.74. The van der Waals surface area contributed by atoms with Gasteiger partial charge in [-0.1, -0.05) is 31.8 Å². The smallest absolute Gasteiger partial charge is 0.138 e. The monoisotopic (exact) mass is 258 g/mol. The van der Waals surface area contributed by atoms with Gasteiger partial charge in [0.25, 0.3) is 0 Å². The minimum Gasteiger partial charge on any atom is -0.492 e. The first kappa shape index (κ1) is 14.3. The van der Waals surface area contributed by atoms with Crippen molar-refractivity contribution in [3.63, 3.8) is 0 Å². The highest BCUT2D eigenvalue weighted by Crippen LogP contribution is 2.21. The Kier molecular flexibility index (Phi) is 4.94. The van der Waals surface area contributed by atoms with Crippen LogP contribution in [0.15, 0.2) is 18.2 Å². The van der Waals surface area contributed by atoms with Crippen molar-refractivity contribution in [2.75, 3.05) is 6.61 Å². The van der Waals surface area contributed by atoms with Gasteiger partial charge in [0.05, 0.1) is 12.2 Å². The number of ether oxygens (including phenoxy) is 1. The second-order valence-corrected chi connectivity index (χ2v) is 11.0. The number of nitrogens with zero attached hydrogens (tertiary/aromatic N) is 2. The lowest BCUT2D eigenvalue weighted by atomic mass is 10.1. The van der Waals surface area contributed by atoms with E-state index in [0.29, 0.717) is 23.5 Å². The van der Waals surface area contributed by atoms with Crippen molar-refractivity contribution in [2.45, 2.75) is 32.1 Å². The summed E-state index contributed by atoms with van der Waals surface area (Å²) in [6.45, 7) is 7.58. The quantitative estimate of drug-likeness (QED) is 0.599. The van der Waals surface area contributed by atoms with E-state index in [-0.39, 0.29) is 0 Å². The van der Waals surface area contributed by atoms with Gasteiger partial charge < -0.3 is 4.74 Å². The maximum atomic E-state index is 9.04. The first-order valence-electron chi connectivity index (χ1n) is 6.04. The normalized spacial score (nSPS) is 10.5. The number of benzene rings is 1. The fourth-order valence-corrected chi connectivity index (χ4v) is 2.85. The summed E-state index contributed by atoms with van der Waals surface area (Å²) in [7, 11) is -1.03. The molecule has 0 aliphatic rings. The first-order chi connectivity index (χ1) is 8.48. The van der Waals surface area contributed by atoms with Crippen molar-refractivity contribution in [1.29, 1.82) is 10.5 Å². The van der Waals surface area contributed by atoms with E-state index in [0.717, 1.165) is 6.42 Å². The van der Waals surface area contributed by atoms with Crippen LogP contribution in [0.3, 0.4) is 0 Å². The van der Waals surface area contributed by atoms with Gasteiger partial charge in [0.1, 0.15) is 23.5 Å². The SMILES string of the molecule is C[Si](C)(C)CCCOc1cccc(C#N)c1C#N. The average molecular weight is 258 g/mol. The van der Waals surface area contributed by atoms with Crippen LogP contribution in [-0.2, 0) is 0 Å². The molecule has 0 saturated heterocycles. The summed E-state index contributed by atoms with van der Waals surface area (Å²) >= 11 is 0. The van der Waals surface area contributed by atoms with Crippen LogP contribution in [0.2, 0.25) is 25.7 Å². The van der Waals surface area contributed by atoms with Crippen LogP contribution in [0.4, 0.5) is 0 Å². The van der Waals surface area contributed by atoms with E-state index in [9.17, 15) is 0 Å². The molecule has 0 unspecified atom stereocenters. The van der Waals surface area contributed by atoms with Crippen molar-refractivity contribution < 1.29 is 4.74 Å². The minimum atomic E-state index is -1.03. The summed E-state index contributed by atoms with van der Waals surface area (Å²) in [4.78, 5) is 0. The van der Waals surface area contributed by atoms with Crippen LogP contribution < -0.4 is 4.74 Å². The van der Waals surface area contributed by atoms with Crippen LogP contribution in [0.5, 0.6) is 5.75 Å². The Hall–Kier alpha value is -1.78. The lowest BCUT2D eigenvalue weighted by Crippen LogP contribution is -2.20. The van der Waals surface area contributed by atoms with Gasteiger partial charge in [0, 0.05) is 8.07 Å². The van der Waals surface area contributed by atoms with Gasteiger partial charge in [-0.15, -0.1) is 0 Å². The fraction of sp³-hybridized carbons (Fsp3) is 0.429. The molecule has 0 aliphatic heterocycles. The maximum absolute atomic E-state index is 9.04. The second kappa shape index (κ2) is 6.23. The summed E-state index contributed by atoms with van der Waals surface area (Å²) in [5, 5.41) is 17.9. The predicted molar refractivity (Wildman–Crippen MR) is 74.1 cm³/mol. The Morgan fingerprint density at radius 1 is 1.17 bits per heavy atom. The summed E-state index contributed by atoms with van der Waals surface area (Å²) in [5.41, 5.74) is 0.716. The third-order valence-corrected chi connectivity index (χ3v) is 4.44. The number of rotatable bonds is 5. The van der Waals surface area contributed by atoms with Crippen molar-refractivity contribution in [3.05, 3.63) is 29.3 Å². The number of hydrogen-bond acceptors (Lipinski definition) is 3. The fourth-order valence-electron chi connectivity index (χ4n) is 1.64. The molecule has 0 aromatic heterocycles. The number of hydrogen-bond donors (Lipinski definition) is 0. The molecule has 94 valence electrons. The molecular formula is C14H18N2OSi. The molecule has 1 aromatic rings. The van der Waals surface area contributed by atoms with Gasteiger partial charge in [-0.25, -0.2) is 0 Å². The van der Waals surface area contributed by atoms with Gasteiger partial charge in [0.2, 0.25) is 0 Å². The van der Waals surface area contributed by atoms with E-state index >= 15 is 0 Å². The van der Waals surface area contributed by atoms with Crippen LogP contribution in [0, 0.1) is 22.7 Å². The van der Waals surface area contributed by atoms with Crippen LogP contribution in [0.1, 0.15) is 17.5 Å². The minimum absolute atomic E-state index is 0.341. The molecule has 1 rings (SSSR count). The molecule has 0 amide bonds. The van der Waals surface area contributed by atoms with Crippen LogP contribution in [-0.4, -0.2) is 14.7 Å². The van der Waals surface area contributed by atoms with Crippen LogP contribution >= 0.6 is 0 Å². The molecule has 0 radical (unpaired) electrons. The van der Waals surface area contributed by atoms with Crippen molar-refractivity contribution in [1.82, 2.24) is 0 Å². The second-order valence-electron chi connectivity index (χ2n) is 5.41. The predicted octanol–water partition coefficient (Wildman–Crippen LogP) is 3.54. The zero-order chi connectivity index (χ0) is 13.6. The summed E-state index contributed by atoms with van der Waals surface area (Å²) < 4.78 is 5.61. The number of nitriles is 2. The lowest BCUT2D eigenvalue weighted by Gasteiger charge is -2.15. The molecule has 0 heterocycles. The van der Waals surface area contributed by atoms with Gasteiger partial charge in [0.15, 0.2) is 0 Å². The molecule has 4 heteroatoms. The third kappa shape index (κ3) is 4.23. The molecule has 0 N–H and O–H groups in total. The third-order valence-electron chi connectivity index (χ3n) is 2.59. The Balaban J connectivity index is 2.64. The Bertz CT molecular complexity index is 492. The largest absolute Gasteiger partial charge is 0.492 e. The van der Waals surface area contributed by atoms with Gasteiger partial charge in [-0.2, -0.15) is 10.5 Å². The molecule has 1 aromatic carbocycles. The highest BCUT2D eigenvalue weighted by molar-refractivity contribution is 6.76. The van der Waals surface area contributed by atoms with E-state index in [2.05, 4.69) is 19.6 Å². The molecule has 0 atom stereocenters. The molecule has 0 bridgehead atoms. The van der Waals surface area contributed by atoms with Crippen molar-refractivity contribution in [2.24, 2.45) is 0 Å². The molecule has 0 aliphatic carbocycles. The Morgan fingerprint density at radius 2 is 1.89 bits per heavy atom. The van der Waals surface area contributed by atoms with Gasteiger partial charge in [-0.3, -0.25) is 0 Å². The standard InChI is InChI=1S/C14H18N2OSi/c1-18(2,3)9-5-8-17-14-7-4-6-12(10-15)13(14)11-16/h4,6-7H,5,8-9H2,1-3H3. The molecular weight excluding hydrogens is 240 g/mol. The van der Waals surface area contributed by atoms with Crippen LogP contribution in [0.25, 0.3) is 0 Å². The van der Waals surface area contributed by atoms with E-state index in [4.69, 9.17) is 15.3 Å². The van der Waals surface area contributed by atoms with E-state index in [1.165, 1.54) is 6.04 Å². The maximum Gasteiger partial charge on any atom is 0.138 e. The summed E-state index contributed by atoms with van der Waals surface area (Å²) in [6, 6.07) is 10.4. The Labute approximate surface area is 110 Å². The Morgan fingerprint density at radius 3 is 2.44 bits per heavy atom. The summed E-state index contributed by atoms with van der Waals surface area (Å²) in [6.07, 6.45) is 0.997. The zero-order valence-electron chi connectivity index (χ0n) is 11.2. The topological polar surface area (TPSA) is 56.8 Å². The van der Waals surface area contributed by atoms with Gasteiger partial charge in [-0.05, 0) is 18.6 Å². The highest BCUT2D eigenvalue weighted by Gasteiger charge is 2.13. The lowest BCUT2D eigenvalue weighted by molar-refractivity contribution is 0.316. The van der Waals surface area contributed by atoms with E-state index in [1.54, 1.807) is 18.2 Å². The van der Waals surface area contributed by atoms with Gasteiger partial charge >= 0.3 is 0 Å². The molecule has 3 nitrogen and oxygen atoms in total. The highest BCUT2D eigenvalue weighted by atomic mass is 28.3. The van der Waals surface area contributed by atoms with E-state index in [1.807, 2.05) is 12.1 Å².